The molecule has 0 aliphatic heterocycles. The Labute approximate surface area is 151 Å². The van der Waals surface area contributed by atoms with E-state index < -0.39 is 11.7 Å². The van der Waals surface area contributed by atoms with E-state index in [-0.39, 0.29) is 44.1 Å². The molecule has 0 bridgehead atoms. The molecule has 2 aromatic rings. The highest BCUT2D eigenvalue weighted by molar-refractivity contribution is 5.93. The second kappa shape index (κ2) is 9.10. The zero-order valence-corrected chi connectivity index (χ0v) is 14.9. The SMILES string of the molecule is Cc1ccc(F)c(NC(=O)CCC(=O)N(CCO)Cc2nccn2C)c1. The first-order valence-electron chi connectivity index (χ1n) is 8.31. The van der Waals surface area contributed by atoms with Crippen LogP contribution in [-0.2, 0) is 23.2 Å². The first-order valence-corrected chi connectivity index (χ1v) is 8.31. The van der Waals surface area contributed by atoms with E-state index in [2.05, 4.69) is 10.3 Å². The van der Waals surface area contributed by atoms with Crippen molar-refractivity contribution in [2.45, 2.75) is 26.3 Å². The molecule has 1 aromatic heterocycles. The Morgan fingerprint density at radius 2 is 2.12 bits per heavy atom. The van der Waals surface area contributed by atoms with E-state index in [1.165, 1.54) is 17.0 Å². The van der Waals surface area contributed by atoms with Crippen LogP contribution in [-0.4, -0.2) is 44.5 Å². The van der Waals surface area contributed by atoms with Gasteiger partial charge in [0.1, 0.15) is 11.6 Å². The van der Waals surface area contributed by atoms with Gasteiger partial charge in [-0.1, -0.05) is 6.07 Å². The summed E-state index contributed by atoms with van der Waals surface area (Å²) in [6.07, 6.45) is 3.28. The van der Waals surface area contributed by atoms with Gasteiger partial charge in [-0.05, 0) is 24.6 Å². The van der Waals surface area contributed by atoms with E-state index in [4.69, 9.17) is 0 Å². The van der Waals surface area contributed by atoms with Crippen molar-refractivity contribution in [3.05, 3.63) is 47.8 Å². The number of aromatic nitrogens is 2. The number of carbonyl (C=O) groups is 2. The molecule has 0 radical (unpaired) electrons. The second-order valence-electron chi connectivity index (χ2n) is 6.02. The van der Waals surface area contributed by atoms with E-state index >= 15 is 0 Å². The van der Waals surface area contributed by atoms with Gasteiger partial charge in [-0.15, -0.1) is 0 Å². The number of benzene rings is 1. The Bertz CT molecular complexity index is 776. The monoisotopic (exact) mass is 362 g/mol. The third-order valence-corrected chi connectivity index (χ3v) is 3.94. The number of anilines is 1. The van der Waals surface area contributed by atoms with Crippen LogP contribution in [0.25, 0.3) is 0 Å². The molecule has 0 spiro atoms. The number of carbonyl (C=O) groups excluding carboxylic acids is 2. The fourth-order valence-corrected chi connectivity index (χ4v) is 2.46. The molecule has 0 aliphatic carbocycles. The summed E-state index contributed by atoms with van der Waals surface area (Å²) in [5.74, 6) is -0.559. The quantitative estimate of drug-likeness (QED) is 0.747. The molecule has 8 heteroatoms. The van der Waals surface area contributed by atoms with E-state index in [1.54, 1.807) is 30.0 Å². The number of imidazole rings is 1. The maximum Gasteiger partial charge on any atom is 0.224 e. The number of amides is 2. The van der Waals surface area contributed by atoms with Crippen molar-refractivity contribution < 1.29 is 19.1 Å². The molecular weight excluding hydrogens is 339 g/mol. The molecule has 2 rings (SSSR count). The largest absolute Gasteiger partial charge is 0.395 e. The van der Waals surface area contributed by atoms with Crippen molar-refractivity contribution >= 4 is 17.5 Å². The molecule has 0 saturated heterocycles. The van der Waals surface area contributed by atoms with Gasteiger partial charge < -0.3 is 19.9 Å². The topological polar surface area (TPSA) is 87.5 Å². The summed E-state index contributed by atoms with van der Waals surface area (Å²) < 4.78 is 15.5. The average Bonchev–Trinajstić information content (AvgIpc) is 3.00. The molecular formula is C18H23FN4O3. The van der Waals surface area contributed by atoms with Gasteiger partial charge in [0.25, 0.3) is 0 Å². The standard InChI is InChI=1S/C18H23FN4O3/c1-13-3-4-14(19)15(11-13)21-17(25)5-6-18(26)23(9-10-24)12-16-20-7-8-22(16)2/h3-4,7-8,11,24H,5-6,9-10,12H2,1-2H3,(H,21,25). The van der Waals surface area contributed by atoms with Crippen LogP contribution >= 0.6 is 0 Å². The number of aliphatic hydroxyl groups is 1. The Morgan fingerprint density at radius 3 is 2.77 bits per heavy atom. The predicted octanol–water partition coefficient (Wildman–Crippen LogP) is 1.61. The van der Waals surface area contributed by atoms with E-state index in [1.807, 2.05) is 7.05 Å². The average molecular weight is 362 g/mol. The van der Waals surface area contributed by atoms with Crippen molar-refractivity contribution in [1.82, 2.24) is 14.5 Å². The first kappa shape index (κ1) is 19.6. The summed E-state index contributed by atoms with van der Waals surface area (Å²) in [6, 6.07) is 4.43. The second-order valence-corrected chi connectivity index (χ2v) is 6.02. The number of nitrogens with zero attached hydrogens (tertiary/aromatic N) is 3. The number of rotatable bonds is 8. The minimum absolute atomic E-state index is 0.0380. The van der Waals surface area contributed by atoms with Crippen molar-refractivity contribution in [1.29, 1.82) is 0 Å². The van der Waals surface area contributed by atoms with Gasteiger partial charge in [-0.25, -0.2) is 9.37 Å². The zero-order valence-electron chi connectivity index (χ0n) is 14.9. The Balaban J connectivity index is 1.91. The first-order chi connectivity index (χ1) is 12.4. The zero-order chi connectivity index (χ0) is 19.1. The third kappa shape index (κ3) is 5.38. The lowest BCUT2D eigenvalue weighted by atomic mass is 10.2. The lowest BCUT2D eigenvalue weighted by Gasteiger charge is -2.21. The maximum atomic E-state index is 13.7. The van der Waals surface area contributed by atoms with Crippen LogP contribution in [0.2, 0.25) is 0 Å². The summed E-state index contributed by atoms with van der Waals surface area (Å²) in [5.41, 5.74) is 0.921. The highest BCUT2D eigenvalue weighted by Crippen LogP contribution is 2.16. The van der Waals surface area contributed by atoms with Crippen molar-refractivity contribution in [3.63, 3.8) is 0 Å². The molecule has 0 fully saturated rings. The van der Waals surface area contributed by atoms with Gasteiger partial charge in [-0.2, -0.15) is 0 Å². The van der Waals surface area contributed by atoms with Crippen LogP contribution in [0.4, 0.5) is 10.1 Å². The molecule has 0 saturated carbocycles. The number of hydrogen-bond donors (Lipinski definition) is 2. The lowest BCUT2D eigenvalue weighted by Crippen LogP contribution is -2.34. The summed E-state index contributed by atoms with van der Waals surface area (Å²) in [7, 11) is 1.81. The van der Waals surface area contributed by atoms with Crippen molar-refractivity contribution in [3.8, 4) is 0 Å². The van der Waals surface area contributed by atoms with Crippen molar-refractivity contribution in [2.75, 3.05) is 18.5 Å². The Kier molecular flexibility index (Phi) is 6.85. The van der Waals surface area contributed by atoms with Crippen LogP contribution < -0.4 is 5.32 Å². The van der Waals surface area contributed by atoms with Crippen molar-refractivity contribution in [2.24, 2.45) is 7.05 Å². The molecule has 2 amide bonds. The minimum atomic E-state index is -0.521. The van der Waals surface area contributed by atoms with Crippen LogP contribution in [0.15, 0.2) is 30.6 Å². The predicted molar refractivity (Wildman–Crippen MR) is 94.7 cm³/mol. The fraction of sp³-hybridized carbons (Fsp3) is 0.389. The normalized spacial score (nSPS) is 10.6. The summed E-state index contributed by atoms with van der Waals surface area (Å²) >= 11 is 0. The van der Waals surface area contributed by atoms with Crippen LogP contribution in [0.5, 0.6) is 0 Å². The van der Waals surface area contributed by atoms with Gasteiger partial charge in [0.2, 0.25) is 11.8 Å². The van der Waals surface area contributed by atoms with Gasteiger partial charge in [0.05, 0.1) is 18.8 Å². The van der Waals surface area contributed by atoms with Gasteiger partial charge in [-0.3, -0.25) is 9.59 Å². The van der Waals surface area contributed by atoms with Crippen LogP contribution in [0, 0.1) is 12.7 Å². The van der Waals surface area contributed by atoms with E-state index in [9.17, 15) is 19.1 Å². The molecule has 7 nitrogen and oxygen atoms in total. The number of hydrogen-bond acceptors (Lipinski definition) is 4. The lowest BCUT2D eigenvalue weighted by molar-refractivity contribution is -0.134. The molecule has 140 valence electrons. The molecule has 0 unspecified atom stereocenters. The molecule has 1 aromatic carbocycles. The summed E-state index contributed by atoms with van der Waals surface area (Å²) in [5, 5.41) is 11.7. The number of aryl methyl sites for hydroxylation is 2. The van der Waals surface area contributed by atoms with Gasteiger partial charge in [0.15, 0.2) is 0 Å². The summed E-state index contributed by atoms with van der Waals surface area (Å²) in [4.78, 5) is 30.0. The smallest absolute Gasteiger partial charge is 0.224 e. The van der Waals surface area contributed by atoms with E-state index in [0.29, 0.717) is 5.82 Å². The highest BCUT2D eigenvalue weighted by atomic mass is 19.1. The summed E-state index contributed by atoms with van der Waals surface area (Å²) in [6.45, 7) is 2.01. The molecule has 1 heterocycles. The fourth-order valence-electron chi connectivity index (χ4n) is 2.46. The maximum absolute atomic E-state index is 13.7. The van der Waals surface area contributed by atoms with Gasteiger partial charge >= 0.3 is 0 Å². The number of nitrogens with one attached hydrogen (secondary N) is 1. The van der Waals surface area contributed by atoms with Crippen LogP contribution in [0.1, 0.15) is 24.2 Å². The van der Waals surface area contributed by atoms with E-state index in [0.717, 1.165) is 5.56 Å². The molecule has 0 atom stereocenters. The molecule has 26 heavy (non-hydrogen) atoms. The Hall–Kier alpha value is -2.74. The Morgan fingerprint density at radius 1 is 1.35 bits per heavy atom. The van der Waals surface area contributed by atoms with Crippen LogP contribution in [0.3, 0.4) is 0 Å². The highest BCUT2D eigenvalue weighted by Gasteiger charge is 2.17. The molecule has 2 N–H and O–H groups in total. The number of halogens is 1. The minimum Gasteiger partial charge on any atom is -0.395 e. The molecule has 0 aliphatic rings. The van der Waals surface area contributed by atoms with Gasteiger partial charge in [0, 0.05) is 38.8 Å². The number of aliphatic hydroxyl groups excluding tert-OH is 1. The third-order valence-electron chi connectivity index (χ3n) is 3.94.